The second-order valence-electron chi connectivity index (χ2n) is 4.97. The Morgan fingerprint density at radius 3 is 2.30 bits per heavy atom. The summed E-state index contributed by atoms with van der Waals surface area (Å²) in [7, 11) is 0. The highest BCUT2D eigenvalue weighted by Crippen LogP contribution is 2.49. The van der Waals surface area contributed by atoms with Gasteiger partial charge in [-0.25, -0.2) is 13.2 Å². The van der Waals surface area contributed by atoms with Crippen LogP contribution in [0.4, 0.5) is 13.2 Å². The van der Waals surface area contributed by atoms with E-state index < -0.39 is 23.2 Å². The van der Waals surface area contributed by atoms with Gasteiger partial charge in [-0.3, -0.25) is 4.79 Å². The molecule has 0 aromatic heterocycles. The molecule has 1 fully saturated rings. The van der Waals surface area contributed by atoms with Crippen LogP contribution in [0.1, 0.15) is 28.3 Å². The van der Waals surface area contributed by atoms with Gasteiger partial charge >= 0.3 is 0 Å². The molecule has 20 heavy (non-hydrogen) atoms. The van der Waals surface area contributed by atoms with Crippen molar-refractivity contribution in [2.45, 2.75) is 12.3 Å². The van der Waals surface area contributed by atoms with Crippen molar-refractivity contribution >= 4 is 5.78 Å². The van der Waals surface area contributed by atoms with Crippen LogP contribution in [0, 0.1) is 23.4 Å². The van der Waals surface area contributed by atoms with E-state index in [-0.39, 0.29) is 17.4 Å². The van der Waals surface area contributed by atoms with E-state index in [4.69, 9.17) is 0 Å². The number of carbonyl (C=O) groups is 1. The Hall–Kier alpha value is -2.10. The summed E-state index contributed by atoms with van der Waals surface area (Å²) in [5.41, 5.74) is 0.640. The Balaban J connectivity index is 1.84. The number of halogens is 3. The maximum Gasteiger partial charge on any atom is 0.169 e. The average Bonchev–Trinajstić information content (AvgIpc) is 3.23. The Bertz CT molecular complexity index is 667. The van der Waals surface area contributed by atoms with Crippen molar-refractivity contribution in [3.8, 4) is 0 Å². The van der Waals surface area contributed by atoms with Gasteiger partial charge < -0.3 is 0 Å². The minimum absolute atomic E-state index is 0.0382. The van der Waals surface area contributed by atoms with E-state index in [0.717, 1.165) is 5.56 Å². The van der Waals surface area contributed by atoms with Crippen molar-refractivity contribution in [3.05, 3.63) is 71.0 Å². The van der Waals surface area contributed by atoms with Crippen molar-refractivity contribution in [1.29, 1.82) is 0 Å². The van der Waals surface area contributed by atoms with Gasteiger partial charge in [0.1, 0.15) is 5.82 Å². The van der Waals surface area contributed by atoms with Gasteiger partial charge in [0.15, 0.2) is 17.4 Å². The fraction of sp³-hybridized carbons (Fsp3) is 0.188. The van der Waals surface area contributed by atoms with Gasteiger partial charge in [0, 0.05) is 12.0 Å². The number of rotatable bonds is 3. The van der Waals surface area contributed by atoms with Gasteiger partial charge in [-0.05, 0) is 24.0 Å². The van der Waals surface area contributed by atoms with Crippen molar-refractivity contribution < 1.29 is 18.0 Å². The molecule has 1 nitrogen and oxygen atoms in total. The highest BCUT2D eigenvalue weighted by molar-refractivity contribution is 6.00. The maximum absolute atomic E-state index is 13.6. The van der Waals surface area contributed by atoms with Crippen molar-refractivity contribution in [1.82, 2.24) is 0 Å². The molecule has 1 aliphatic carbocycles. The van der Waals surface area contributed by atoms with Gasteiger partial charge in [0.2, 0.25) is 0 Å². The molecule has 0 heterocycles. The lowest BCUT2D eigenvalue weighted by Gasteiger charge is -2.04. The highest BCUT2D eigenvalue weighted by Gasteiger charge is 2.44. The van der Waals surface area contributed by atoms with Crippen LogP contribution < -0.4 is 0 Å². The summed E-state index contributed by atoms with van der Waals surface area (Å²) in [6.45, 7) is 0. The molecule has 0 radical (unpaired) electrons. The van der Waals surface area contributed by atoms with Crippen molar-refractivity contribution in [3.63, 3.8) is 0 Å². The van der Waals surface area contributed by atoms with Crippen molar-refractivity contribution in [2.24, 2.45) is 5.92 Å². The first-order valence-corrected chi connectivity index (χ1v) is 6.31. The molecule has 2 atom stereocenters. The fourth-order valence-corrected chi connectivity index (χ4v) is 2.46. The Morgan fingerprint density at radius 1 is 0.950 bits per heavy atom. The summed E-state index contributed by atoms with van der Waals surface area (Å²) in [5, 5.41) is 0. The molecule has 0 bridgehead atoms. The quantitative estimate of drug-likeness (QED) is 0.609. The SMILES string of the molecule is O=C(c1cc(F)c(F)cc1F)C1CC1c1ccccc1. The van der Waals surface area contributed by atoms with Gasteiger partial charge in [0.25, 0.3) is 0 Å². The van der Waals surface area contributed by atoms with E-state index >= 15 is 0 Å². The first kappa shape index (κ1) is 12.9. The lowest BCUT2D eigenvalue weighted by atomic mass is 10.0. The summed E-state index contributed by atoms with van der Waals surface area (Å²) in [6.07, 6.45) is 0.612. The Morgan fingerprint density at radius 2 is 1.60 bits per heavy atom. The third-order valence-electron chi connectivity index (χ3n) is 3.63. The van der Waals surface area contributed by atoms with E-state index in [0.29, 0.717) is 18.6 Å². The second-order valence-corrected chi connectivity index (χ2v) is 4.97. The predicted octanol–water partition coefficient (Wildman–Crippen LogP) is 4.09. The van der Waals surface area contributed by atoms with E-state index in [1.807, 2.05) is 30.3 Å². The zero-order valence-corrected chi connectivity index (χ0v) is 10.4. The molecule has 3 rings (SSSR count). The average molecular weight is 276 g/mol. The van der Waals surface area contributed by atoms with Gasteiger partial charge in [-0.1, -0.05) is 30.3 Å². The minimum Gasteiger partial charge on any atom is -0.294 e. The summed E-state index contributed by atoms with van der Waals surface area (Å²) >= 11 is 0. The maximum atomic E-state index is 13.6. The summed E-state index contributed by atoms with van der Waals surface area (Å²) in [5.74, 6) is -4.27. The van der Waals surface area contributed by atoms with Crippen LogP contribution in [0.3, 0.4) is 0 Å². The van der Waals surface area contributed by atoms with E-state index in [1.54, 1.807) is 0 Å². The van der Waals surface area contributed by atoms with Gasteiger partial charge in [0.05, 0.1) is 5.56 Å². The summed E-state index contributed by atoms with van der Waals surface area (Å²) in [6, 6.07) is 10.5. The minimum atomic E-state index is -1.28. The van der Waals surface area contributed by atoms with Crippen LogP contribution in [0.2, 0.25) is 0 Å². The largest absolute Gasteiger partial charge is 0.294 e. The number of hydrogen-bond donors (Lipinski definition) is 0. The smallest absolute Gasteiger partial charge is 0.169 e. The topological polar surface area (TPSA) is 17.1 Å². The molecule has 0 N–H and O–H groups in total. The summed E-state index contributed by atoms with van der Waals surface area (Å²) in [4.78, 5) is 12.1. The fourth-order valence-electron chi connectivity index (χ4n) is 2.46. The molecule has 102 valence electrons. The zero-order chi connectivity index (χ0) is 14.3. The molecule has 0 aliphatic heterocycles. The number of carbonyl (C=O) groups excluding carboxylic acids is 1. The van der Waals surface area contributed by atoms with E-state index in [9.17, 15) is 18.0 Å². The molecule has 2 aromatic rings. The molecule has 1 aliphatic rings. The third kappa shape index (κ3) is 2.22. The lowest BCUT2D eigenvalue weighted by Crippen LogP contribution is -2.07. The normalized spacial score (nSPS) is 20.8. The molecule has 4 heteroatoms. The first-order chi connectivity index (χ1) is 9.58. The van der Waals surface area contributed by atoms with Crippen LogP contribution >= 0.6 is 0 Å². The molecule has 0 amide bonds. The standard InChI is InChI=1S/C16H11F3O/c17-13-8-15(19)14(18)7-12(13)16(20)11-6-10(11)9-4-2-1-3-5-9/h1-5,7-8,10-11H,6H2. The Kier molecular flexibility index (Phi) is 3.08. The number of hydrogen-bond acceptors (Lipinski definition) is 1. The van der Waals surface area contributed by atoms with Gasteiger partial charge in [-0.15, -0.1) is 0 Å². The predicted molar refractivity (Wildman–Crippen MR) is 67.9 cm³/mol. The molecule has 1 saturated carbocycles. The Labute approximate surface area is 114 Å². The number of ketones is 1. The second kappa shape index (κ2) is 4.78. The van der Waals surface area contributed by atoms with Crippen LogP contribution in [0.25, 0.3) is 0 Å². The highest BCUT2D eigenvalue weighted by atomic mass is 19.2. The molecule has 2 aromatic carbocycles. The first-order valence-electron chi connectivity index (χ1n) is 6.31. The zero-order valence-electron chi connectivity index (χ0n) is 10.4. The van der Waals surface area contributed by atoms with E-state index in [2.05, 4.69) is 0 Å². The molecular formula is C16H11F3O. The van der Waals surface area contributed by atoms with Crippen LogP contribution in [0.5, 0.6) is 0 Å². The lowest BCUT2D eigenvalue weighted by molar-refractivity contribution is 0.0960. The van der Waals surface area contributed by atoms with Crippen LogP contribution in [-0.4, -0.2) is 5.78 Å². The van der Waals surface area contributed by atoms with Crippen LogP contribution in [-0.2, 0) is 0 Å². The molecule has 0 spiro atoms. The van der Waals surface area contributed by atoms with E-state index in [1.165, 1.54) is 0 Å². The van der Waals surface area contributed by atoms with Gasteiger partial charge in [-0.2, -0.15) is 0 Å². The molecule has 2 unspecified atom stereocenters. The molecular weight excluding hydrogens is 265 g/mol. The molecule has 0 saturated heterocycles. The summed E-state index contributed by atoms with van der Waals surface area (Å²) < 4.78 is 39.6. The van der Waals surface area contributed by atoms with Crippen LogP contribution in [0.15, 0.2) is 42.5 Å². The monoisotopic (exact) mass is 276 g/mol. The van der Waals surface area contributed by atoms with Crippen molar-refractivity contribution in [2.75, 3.05) is 0 Å². The third-order valence-corrected chi connectivity index (χ3v) is 3.63. The number of benzene rings is 2. The number of Topliss-reactive ketones (excluding diaryl/α,β-unsaturated/α-hetero) is 1.